The molecular formula is C75H147O8Ti-. The summed E-state index contributed by atoms with van der Waals surface area (Å²) in [5, 5.41) is 40.9. The summed E-state index contributed by atoms with van der Waals surface area (Å²) in [4.78, 5) is 40.9. The van der Waals surface area contributed by atoms with Crippen LogP contribution in [0.3, 0.4) is 0 Å². The van der Waals surface area contributed by atoms with E-state index in [-0.39, 0.29) is 47.4 Å². The van der Waals surface area contributed by atoms with Crippen LogP contribution in [0.2, 0.25) is 0 Å². The second-order valence-electron chi connectivity index (χ2n) is 26.3. The van der Waals surface area contributed by atoms with Crippen LogP contribution in [-0.4, -0.2) is 23.9 Å². The van der Waals surface area contributed by atoms with Crippen LogP contribution in [-0.2, 0) is 40.9 Å². The fraction of sp³-hybridized carbons (Fsp3) is 0.933. The SMILES string of the molecule is CC(C)CCCCCCCCCCCCCCC(=O)[O-].CC(C)CCCCCCCCCCCCCCC(=O)[O-].CC(C)CCCCCCCCCCCCCCC(=O)[O-].CCCCCCCCCCCCCCCCCC(=O)[O-].C[CH-]C.[Ti+4]. The molecule has 0 atom stereocenters. The number of carboxylic acids is 4. The largest absolute Gasteiger partial charge is 4.00 e. The van der Waals surface area contributed by atoms with E-state index in [9.17, 15) is 39.6 Å². The monoisotopic (exact) mass is 1220 g/mol. The number of aliphatic carboxylic acids is 4. The van der Waals surface area contributed by atoms with E-state index in [1.165, 1.54) is 295 Å². The molecule has 0 aliphatic rings. The summed E-state index contributed by atoms with van der Waals surface area (Å²) in [6.45, 7) is 20.1. The minimum atomic E-state index is -0.904. The molecule has 0 unspecified atom stereocenters. The molecule has 0 radical (unpaired) electrons. The molecule has 9 heteroatoms. The van der Waals surface area contributed by atoms with E-state index in [1.807, 2.05) is 20.3 Å². The molecule has 0 fully saturated rings. The molecule has 0 spiro atoms. The molecule has 0 aromatic heterocycles. The Morgan fingerprint density at radius 1 is 0.238 bits per heavy atom. The number of unbranched alkanes of at least 4 members (excludes halogenated alkanes) is 47. The number of hydrogen-bond acceptors (Lipinski definition) is 8. The van der Waals surface area contributed by atoms with Gasteiger partial charge in [-0.1, -0.05) is 370 Å². The van der Waals surface area contributed by atoms with Gasteiger partial charge in [0.2, 0.25) is 0 Å². The van der Waals surface area contributed by atoms with Crippen LogP contribution in [0.4, 0.5) is 0 Å². The van der Waals surface area contributed by atoms with Gasteiger partial charge in [-0.25, -0.2) is 0 Å². The Kier molecular flexibility index (Phi) is 95.7. The third-order valence-electron chi connectivity index (χ3n) is 15.7. The van der Waals surface area contributed by atoms with E-state index in [0.717, 1.165) is 69.1 Å². The summed E-state index contributed by atoms with van der Waals surface area (Å²) in [5.41, 5.74) is 0. The van der Waals surface area contributed by atoms with Gasteiger partial charge >= 0.3 is 21.7 Å². The van der Waals surface area contributed by atoms with Crippen molar-refractivity contribution in [3.8, 4) is 0 Å². The summed E-state index contributed by atoms with van der Waals surface area (Å²) in [7, 11) is 0. The minimum absolute atomic E-state index is 0. The molecule has 0 saturated carbocycles. The van der Waals surface area contributed by atoms with Gasteiger partial charge < -0.3 is 46.0 Å². The molecule has 8 nitrogen and oxygen atoms in total. The average molecular weight is 1220 g/mol. The molecule has 0 N–H and O–H groups in total. The summed E-state index contributed by atoms with van der Waals surface area (Å²) in [6.07, 6.45) is 72.8. The third-order valence-corrected chi connectivity index (χ3v) is 15.7. The van der Waals surface area contributed by atoms with Crippen LogP contribution < -0.4 is 20.4 Å². The van der Waals surface area contributed by atoms with Crippen molar-refractivity contribution in [2.75, 3.05) is 0 Å². The number of rotatable bonds is 61. The van der Waals surface area contributed by atoms with E-state index in [1.54, 1.807) is 0 Å². The summed E-state index contributed by atoms with van der Waals surface area (Å²) < 4.78 is 0. The van der Waals surface area contributed by atoms with Crippen LogP contribution in [0.15, 0.2) is 0 Å². The molecule has 0 amide bonds. The van der Waals surface area contributed by atoms with Gasteiger partial charge in [-0.2, -0.15) is 13.8 Å². The van der Waals surface area contributed by atoms with Crippen LogP contribution in [0, 0.1) is 24.2 Å². The van der Waals surface area contributed by atoms with Gasteiger partial charge in [0.05, 0.1) is 0 Å². The maximum Gasteiger partial charge on any atom is 4.00 e. The fourth-order valence-corrected chi connectivity index (χ4v) is 10.4. The quantitative estimate of drug-likeness (QED) is 0.0330. The van der Waals surface area contributed by atoms with Crippen molar-refractivity contribution in [1.82, 2.24) is 0 Å². The van der Waals surface area contributed by atoms with Crippen molar-refractivity contribution >= 4 is 23.9 Å². The van der Waals surface area contributed by atoms with Crippen molar-refractivity contribution in [3.05, 3.63) is 6.42 Å². The molecule has 0 aromatic carbocycles. The number of carboxylic acid groups (broad SMARTS) is 4. The average Bonchev–Trinajstić information content (AvgIpc) is 3.42. The smallest absolute Gasteiger partial charge is 0.550 e. The van der Waals surface area contributed by atoms with E-state index < -0.39 is 23.9 Å². The van der Waals surface area contributed by atoms with E-state index in [4.69, 9.17) is 0 Å². The van der Waals surface area contributed by atoms with Gasteiger partial charge in [0, 0.05) is 23.9 Å². The predicted molar refractivity (Wildman–Crippen MR) is 354 cm³/mol. The van der Waals surface area contributed by atoms with Gasteiger partial charge in [-0.3, -0.25) is 0 Å². The first kappa shape index (κ1) is 93.7. The molecule has 0 bridgehead atoms. The van der Waals surface area contributed by atoms with Crippen LogP contribution in [0.25, 0.3) is 0 Å². The fourth-order valence-electron chi connectivity index (χ4n) is 10.4. The first-order chi connectivity index (χ1) is 40.1. The molecule has 0 aliphatic heterocycles. The zero-order chi connectivity index (χ0) is 62.8. The minimum Gasteiger partial charge on any atom is -0.550 e. The Morgan fingerprint density at radius 2 is 0.345 bits per heavy atom. The topological polar surface area (TPSA) is 161 Å². The number of carbonyl (C=O) groups is 4. The summed E-state index contributed by atoms with van der Waals surface area (Å²) in [6, 6.07) is 0. The van der Waals surface area contributed by atoms with Crippen LogP contribution >= 0.6 is 0 Å². The molecule has 84 heavy (non-hydrogen) atoms. The maximum atomic E-state index is 10.2. The normalized spacial score (nSPS) is 10.8. The second-order valence-corrected chi connectivity index (χ2v) is 26.3. The Morgan fingerprint density at radius 3 is 0.452 bits per heavy atom. The van der Waals surface area contributed by atoms with Crippen molar-refractivity contribution in [2.24, 2.45) is 17.8 Å². The molecule has 0 rings (SSSR count). The number of hydrogen-bond donors (Lipinski definition) is 0. The van der Waals surface area contributed by atoms with Crippen molar-refractivity contribution in [1.29, 1.82) is 0 Å². The Bertz CT molecular complexity index is 1110. The van der Waals surface area contributed by atoms with Gasteiger partial charge in [0.1, 0.15) is 0 Å². The van der Waals surface area contributed by atoms with Crippen LogP contribution in [0.1, 0.15) is 435 Å². The van der Waals surface area contributed by atoms with Gasteiger partial charge in [-0.05, 0) is 69.1 Å². The first-order valence-corrected chi connectivity index (χ1v) is 36.6. The van der Waals surface area contributed by atoms with Crippen LogP contribution in [0.5, 0.6) is 0 Å². The Hall–Kier alpha value is -1.41. The van der Waals surface area contributed by atoms with Crippen molar-refractivity contribution < 1.29 is 61.3 Å². The molecule has 0 aromatic rings. The predicted octanol–water partition coefficient (Wildman–Crippen LogP) is 20.8. The maximum absolute atomic E-state index is 10.2. The zero-order valence-corrected chi connectivity index (χ0v) is 59.6. The van der Waals surface area contributed by atoms with Gasteiger partial charge in [0.25, 0.3) is 0 Å². The molecule has 0 saturated heterocycles. The van der Waals surface area contributed by atoms with E-state index in [0.29, 0.717) is 0 Å². The molecule has 0 heterocycles. The van der Waals surface area contributed by atoms with E-state index >= 15 is 0 Å². The van der Waals surface area contributed by atoms with Crippen molar-refractivity contribution in [3.63, 3.8) is 0 Å². The Labute approximate surface area is 541 Å². The van der Waals surface area contributed by atoms with Gasteiger partial charge in [0.15, 0.2) is 0 Å². The Balaban J connectivity index is -0.000000236. The molecule has 500 valence electrons. The van der Waals surface area contributed by atoms with Crippen molar-refractivity contribution in [2.45, 2.75) is 435 Å². The number of carbonyl (C=O) groups excluding carboxylic acids is 4. The second kappa shape index (κ2) is 85.8. The summed E-state index contributed by atoms with van der Waals surface area (Å²) >= 11 is 0. The first-order valence-electron chi connectivity index (χ1n) is 36.6. The molecule has 0 aliphatic carbocycles. The standard InChI is InChI=1S/4C18H36O2.C3H7.Ti/c3*1-17(2)15-13-11-9-7-5-3-4-6-8-10-12-14-16-18(19)20;1-2-3-4-5-6-7-8-9-10-11-12-13-14-15-16-17-18(19)20;1-3-2;/h3*17H,3-16H2,1-2H3,(H,19,20);2-17H2,1H3,(H,19,20);3H,1-2H3;/q;;;;-1;+4/p-4. The van der Waals surface area contributed by atoms with Gasteiger partial charge in [-0.15, -0.1) is 0 Å². The molecular weight excluding hydrogens is 1080 g/mol. The zero-order valence-electron chi connectivity index (χ0n) is 58.1. The summed E-state index contributed by atoms with van der Waals surface area (Å²) in [5.74, 6) is -1.03. The van der Waals surface area contributed by atoms with E-state index in [2.05, 4.69) is 48.5 Å². The third kappa shape index (κ3) is 115.